The molecule has 0 aliphatic rings. The van der Waals surface area contributed by atoms with Crippen LogP contribution in [0.1, 0.15) is 1.43 Å². The largest absolute Gasteiger partial charge is 2.00 e. The van der Waals surface area contributed by atoms with Gasteiger partial charge in [0.25, 0.3) is 0 Å². The zero-order valence-corrected chi connectivity index (χ0v) is 4.44. The molecule has 2 nitrogen and oxygen atoms in total. The summed E-state index contributed by atoms with van der Waals surface area (Å²) in [6.07, 6.45) is 1.25. The van der Waals surface area contributed by atoms with Crippen LogP contribution in [0.5, 0.6) is 0 Å². The summed E-state index contributed by atoms with van der Waals surface area (Å²) in [5, 5.41) is 7.10. The molecule has 0 aromatic heterocycles. The third kappa shape index (κ3) is 20.3. The van der Waals surface area contributed by atoms with Gasteiger partial charge in [-0.15, -0.1) is 0 Å². The maximum absolute atomic E-state index is 7.10. The molecule has 0 aliphatic carbocycles. The zero-order chi connectivity index (χ0) is 2.71. The van der Waals surface area contributed by atoms with Crippen LogP contribution in [-0.2, 0) is 0 Å². The summed E-state index contributed by atoms with van der Waals surface area (Å²) in [5.41, 5.74) is 4.15. The monoisotopic (exact) mass is 83.0 g/mol. The molecule has 0 spiro atoms. The predicted octanol–water partition coefficient (Wildman–Crippen LogP) is -0.842. The quantitative estimate of drug-likeness (QED) is 0.236. The Morgan fingerprint density at radius 1 is 2.00 bits per heavy atom. The van der Waals surface area contributed by atoms with Gasteiger partial charge in [-0.3, -0.25) is 0 Å². The van der Waals surface area contributed by atoms with E-state index in [1.807, 2.05) is 0 Å². The number of hydrogen-bond donors (Lipinski definition) is 1. The fraction of sp³-hybridized carbons (Fsp3) is 0. The van der Waals surface area contributed by atoms with Gasteiger partial charge in [-0.1, -0.05) is 0 Å². The molecule has 0 aromatic rings. The molecule has 0 heterocycles. The zero-order valence-electron chi connectivity index (χ0n) is 3.23. The Kier molecular flexibility index (Phi) is 21.2. The molecule has 16 valence electrons. The second kappa shape index (κ2) is 9.61. The van der Waals surface area contributed by atoms with E-state index in [0.29, 0.717) is 0 Å². The Labute approximate surface area is 56.1 Å². The van der Waals surface area contributed by atoms with Crippen molar-refractivity contribution in [2.45, 2.75) is 0 Å². The van der Waals surface area contributed by atoms with Gasteiger partial charge in [0.15, 0.2) is 6.19 Å². The average molecular weight is 83.1 g/mol. The topological polar surface area (TPSA) is 49.8 Å². The van der Waals surface area contributed by atoms with E-state index in [-0.39, 0.29) is 39.2 Å². The number of nitriles is 1. The van der Waals surface area contributed by atoms with Crippen molar-refractivity contribution in [1.82, 2.24) is 0 Å². The summed E-state index contributed by atoms with van der Waals surface area (Å²) < 4.78 is 0. The number of nitrogens with two attached hydrogens (primary N) is 1. The predicted molar refractivity (Wildman–Crippen MR) is 16.7 cm³/mol. The second-order valence-electron chi connectivity index (χ2n) is 0.129. The van der Waals surface area contributed by atoms with Gasteiger partial charge in [-0.05, 0) is 0 Å². The van der Waals surface area contributed by atoms with E-state index in [9.17, 15) is 0 Å². The fourth-order valence-corrected chi connectivity index (χ4v) is 0. The van der Waals surface area contributed by atoms with Crippen LogP contribution in [0.2, 0.25) is 0 Å². The van der Waals surface area contributed by atoms with Crippen LogP contribution in [0, 0.1) is 11.5 Å². The number of rotatable bonds is 0. The Morgan fingerprint density at radius 2 is 2.00 bits per heavy atom. The van der Waals surface area contributed by atoms with Crippen LogP contribution in [-0.4, -0.2) is 37.7 Å². The number of nitrogens with zero attached hydrogens (tertiary/aromatic N) is 1. The summed E-state index contributed by atoms with van der Waals surface area (Å²) in [4.78, 5) is 0. The SMILES string of the molecule is N#CN.[Ca+2].[H+]. The standard InChI is InChI=1S/CH2N2.Ca/c2-1-3;/h2H2;/q;+2/p+1. The van der Waals surface area contributed by atoms with Gasteiger partial charge in [0.1, 0.15) is 0 Å². The molecule has 0 saturated carbocycles. The molecule has 0 aromatic carbocycles. The van der Waals surface area contributed by atoms with E-state index < -0.39 is 0 Å². The summed E-state index contributed by atoms with van der Waals surface area (Å²) in [5.74, 6) is 0. The first-order valence-corrected chi connectivity index (χ1v) is 0.512. The van der Waals surface area contributed by atoms with E-state index >= 15 is 0 Å². The molecule has 0 aliphatic heterocycles. The normalized spacial score (nSPS) is 1.75. The van der Waals surface area contributed by atoms with E-state index in [2.05, 4.69) is 5.73 Å². The maximum Gasteiger partial charge on any atom is 2.00 e. The first-order chi connectivity index (χ1) is 1.41. The van der Waals surface area contributed by atoms with Crippen LogP contribution in [0.3, 0.4) is 0 Å². The first kappa shape index (κ1) is 8.82. The molecule has 0 bridgehead atoms. The van der Waals surface area contributed by atoms with Crippen molar-refractivity contribution in [3.63, 3.8) is 0 Å². The van der Waals surface area contributed by atoms with Gasteiger partial charge in [0.05, 0.1) is 0 Å². The first-order valence-electron chi connectivity index (χ1n) is 0.512. The Hall–Kier alpha value is 0.550. The Morgan fingerprint density at radius 3 is 2.00 bits per heavy atom. The van der Waals surface area contributed by atoms with Crippen LogP contribution in [0.4, 0.5) is 0 Å². The van der Waals surface area contributed by atoms with Gasteiger partial charge >= 0.3 is 39.2 Å². The van der Waals surface area contributed by atoms with Crippen LogP contribution in [0.25, 0.3) is 0 Å². The average Bonchev–Trinajstić information content (AvgIpc) is 0.918. The molecule has 0 amide bonds. The van der Waals surface area contributed by atoms with E-state index in [4.69, 9.17) is 5.26 Å². The van der Waals surface area contributed by atoms with Gasteiger partial charge < -0.3 is 5.73 Å². The van der Waals surface area contributed by atoms with Crippen molar-refractivity contribution in [2.24, 2.45) is 5.73 Å². The third-order valence-electron chi connectivity index (χ3n) is 0. The molecule has 0 rings (SSSR count). The molecule has 0 radical (unpaired) electrons. The molecular weight excluding hydrogens is 80.1 g/mol. The second-order valence-corrected chi connectivity index (χ2v) is 0.129. The minimum Gasteiger partial charge on any atom is -0.337 e. The molecule has 0 saturated heterocycles. The molecule has 0 atom stereocenters. The van der Waals surface area contributed by atoms with E-state index in [1.165, 1.54) is 6.19 Å². The van der Waals surface area contributed by atoms with Gasteiger partial charge in [-0.25, -0.2) is 0 Å². The minimum atomic E-state index is 0. The summed E-state index contributed by atoms with van der Waals surface area (Å²) in [6, 6.07) is 0. The van der Waals surface area contributed by atoms with Crippen molar-refractivity contribution < 1.29 is 1.43 Å². The molecule has 0 unspecified atom stereocenters. The van der Waals surface area contributed by atoms with Crippen LogP contribution in [0.15, 0.2) is 0 Å². The van der Waals surface area contributed by atoms with E-state index in [0.717, 1.165) is 0 Å². The Bertz CT molecular complexity index is 31.1. The summed E-state index contributed by atoms with van der Waals surface area (Å²) in [6.45, 7) is 0. The third-order valence-corrected chi connectivity index (χ3v) is 0. The molecule has 4 heavy (non-hydrogen) atoms. The van der Waals surface area contributed by atoms with Crippen LogP contribution >= 0.6 is 0 Å². The van der Waals surface area contributed by atoms with Crippen LogP contribution < -0.4 is 5.73 Å². The molecule has 3 heteroatoms. The van der Waals surface area contributed by atoms with Gasteiger partial charge in [-0.2, -0.15) is 5.26 Å². The van der Waals surface area contributed by atoms with Gasteiger partial charge in [0, 0.05) is 0 Å². The smallest absolute Gasteiger partial charge is 0.337 e. The van der Waals surface area contributed by atoms with Crippen molar-refractivity contribution in [3.05, 3.63) is 0 Å². The van der Waals surface area contributed by atoms with Crippen molar-refractivity contribution in [3.8, 4) is 6.19 Å². The van der Waals surface area contributed by atoms with Gasteiger partial charge in [0.2, 0.25) is 0 Å². The molecular formula is CH3CaN2+3. The molecule has 2 N–H and O–H groups in total. The van der Waals surface area contributed by atoms with Crippen molar-refractivity contribution in [1.29, 1.82) is 5.26 Å². The summed E-state index contributed by atoms with van der Waals surface area (Å²) >= 11 is 0. The minimum absolute atomic E-state index is 0. The van der Waals surface area contributed by atoms with Crippen molar-refractivity contribution >= 4 is 37.7 Å². The van der Waals surface area contributed by atoms with Crippen molar-refractivity contribution in [2.75, 3.05) is 0 Å². The van der Waals surface area contributed by atoms with E-state index in [1.54, 1.807) is 0 Å². The Balaban J connectivity index is -0.0000000200. The molecule has 0 fully saturated rings. The summed E-state index contributed by atoms with van der Waals surface area (Å²) in [7, 11) is 0. The maximum atomic E-state index is 7.10. The number of hydrogen-bond acceptors (Lipinski definition) is 2. The fourth-order valence-electron chi connectivity index (χ4n) is 0.